The number of fused-ring (bicyclic) bond motifs is 8. The van der Waals surface area contributed by atoms with E-state index in [0.29, 0.717) is 17.5 Å². The van der Waals surface area contributed by atoms with Gasteiger partial charge in [0, 0.05) is 49.5 Å². The van der Waals surface area contributed by atoms with Gasteiger partial charge in [0.15, 0.2) is 17.5 Å². The zero-order valence-electron chi connectivity index (χ0n) is 31.2. The molecule has 12 rings (SSSR count). The van der Waals surface area contributed by atoms with E-state index >= 15 is 0 Å². The SMILES string of the molecule is c1ccc(-c2nc(-c3ccccc3)nc(-c3ccc(-n4c5ccccc5c5cc6ccccc6cc54)cc3-c3c4ccccc4cc4oc5ccccc5c34)n2)cc1. The Morgan fingerprint density at radius 2 is 0.948 bits per heavy atom. The summed E-state index contributed by atoms with van der Waals surface area (Å²) in [5.74, 6) is 1.83. The van der Waals surface area contributed by atoms with Gasteiger partial charge < -0.3 is 8.98 Å². The molecule has 0 bridgehead atoms. The molecule has 0 amide bonds. The largest absolute Gasteiger partial charge is 0.456 e. The maximum atomic E-state index is 6.63. The van der Waals surface area contributed by atoms with Gasteiger partial charge in [-0.05, 0) is 75.6 Å². The number of nitrogens with zero attached hydrogens (tertiary/aromatic N) is 4. The second kappa shape index (κ2) is 12.8. The fourth-order valence-corrected chi connectivity index (χ4v) is 8.77. The number of aromatic nitrogens is 4. The van der Waals surface area contributed by atoms with Crippen molar-refractivity contribution in [2.24, 2.45) is 0 Å². The van der Waals surface area contributed by atoms with Crippen molar-refractivity contribution in [2.75, 3.05) is 0 Å². The second-order valence-corrected chi connectivity index (χ2v) is 14.8. The molecule has 0 unspecified atom stereocenters. The summed E-state index contributed by atoms with van der Waals surface area (Å²) in [5, 5.41) is 9.17. The first-order valence-corrected chi connectivity index (χ1v) is 19.5. The molecule has 270 valence electrons. The van der Waals surface area contributed by atoms with Crippen molar-refractivity contribution in [2.45, 2.75) is 0 Å². The van der Waals surface area contributed by atoms with Crippen LogP contribution in [0.25, 0.3) is 116 Å². The molecule has 5 nitrogen and oxygen atoms in total. The van der Waals surface area contributed by atoms with Crippen LogP contribution in [-0.4, -0.2) is 19.5 Å². The van der Waals surface area contributed by atoms with E-state index in [2.05, 4.69) is 150 Å². The molecular formula is C53H32N4O. The van der Waals surface area contributed by atoms with Gasteiger partial charge in [0.05, 0.1) is 11.0 Å². The Morgan fingerprint density at radius 3 is 1.69 bits per heavy atom. The minimum absolute atomic E-state index is 0.594. The summed E-state index contributed by atoms with van der Waals surface area (Å²) in [7, 11) is 0. The molecular weight excluding hydrogens is 709 g/mol. The number of benzene rings is 9. The van der Waals surface area contributed by atoms with Crippen LogP contribution in [0.3, 0.4) is 0 Å². The first kappa shape index (κ1) is 32.4. The molecule has 3 aromatic heterocycles. The molecule has 0 aliphatic carbocycles. The zero-order valence-corrected chi connectivity index (χ0v) is 31.2. The van der Waals surface area contributed by atoms with E-state index in [1.807, 2.05) is 48.5 Å². The first-order chi connectivity index (χ1) is 28.7. The molecule has 0 aliphatic rings. The van der Waals surface area contributed by atoms with Crippen LogP contribution in [0, 0.1) is 0 Å². The molecule has 0 saturated heterocycles. The molecule has 0 fully saturated rings. The normalized spacial score (nSPS) is 11.8. The van der Waals surface area contributed by atoms with Crippen LogP contribution in [0.5, 0.6) is 0 Å². The summed E-state index contributed by atoms with van der Waals surface area (Å²) in [5.41, 5.74) is 9.82. The van der Waals surface area contributed by atoms with Crippen molar-refractivity contribution in [3.8, 4) is 51.0 Å². The summed E-state index contributed by atoms with van der Waals surface area (Å²) in [4.78, 5) is 15.6. The highest BCUT2D eigenvalue weighted by Gasteiger charge is 2.23. The average Bonchev–Trinajstić information content (AvgIpc) is 3.82. The van der Waals surface area contributed by atoms with Gasteiger partial charge in [-0.25, -0.2) is 15.0 Å². The highest BCUT2D eigenvalue weighted by molar-refractivity contribution is 6.22. The van der Waals surface area contributed by atoms with Crippen molar-refractivity contribution < 1.29 is 4.42 Å². The van der Waals surface area contributed by atoms with Crippen molar-refractivity contribution in [3.05, 3.63) is 194 Å². The topological polar surface area (TPSA) is 56.7 Å². The molecule has 0 radical (unpaired) electrons. The third-order valence-electron chi connectivity index (χ3n) is 11.4. The van der Waals surface area contributed by atoms with E-state index in [1.165, 1.54) is 21.5 Å². The molecule has 9 aromatic carbocycles. The fourth-order valence-electron chi connectivity index (χ4n) is 8.77. The third kappa shape index (κ3) is 5.07. The number of rotatable bonds is 5. The highest BCUT2D eigenvalue weighted by Crippen LogP contribution is 2.46. The van der Waals surface area contributed by atoms with Gasteiger partial charge in [-0.1, -0.05) is 146 Å². The minimum Gasteiger partial charge on any atom is -0.456 e. The van der Waals surface area contributed by atoms with Crippen molar-refractivity contribution in [1.82, 2.24) is 19.5 Å². The average molecular weight is 741 g/mol. The van der Waals surface area contributed by atoms with E-state index < -0.39 is 0 Å². The van der Waals surface area contributed by atoms with E-state index in [0.717, 1.165) is 77.2 Å². The Labute approximate surface area is 333 Å². The van der Waals surface area contributed by atoms with Gasteiger partial charge in [0.2, 0.25) is 0 Å². The lowest BCUT2D eigenvalue weighted by Gasteiger charge is -2.17. The van der Waals surface area contributed by atoms with Gasteiger partial charge in [-0.15, -0.1) is 0 Å². The predicted molar refractivity (Wildman–Crippen MR) is 238 cm³/mol. The van der Waals surface area contributed by atoms with Crippen LogP contribution >= 0.6 is 0 Å². The molecule has 0 N–H and O–H groups in total. The van der Waals surface area contributed by atoms with Crippen LogP contribution in [0.15, 0.2) is 199 Å². The first-order valence-electron chi connectivity index (χ1n) is 19.5. The molecule has 0 saturated carbocycles. The van der Waals surface area contributed by atoms with Crippen molar-refractivity contribution >= 4 is 65.3 Å². The Morgan fingerprint density at radius 1 is 0.362 bits per heavy atom. The zero-order chi connectivity index (χ0) is 38.2. The second-order valence-electron chi connectivity index (χ2n) is 14.8. The maximum Gasteiger partial charge on any atom is 0.164 e. The Bertz CT molecular complexity index is 3510. The number of para-hydroxylation sites is 2. The Hall–Kier alpha value is -7.89. The number of furan rings is 1. The summed E-state index contributed by atoms with van der Waals surface area (Å²) < 4.78 is 9.04. The number of hydrogen-bond donors (Lipinski definition) is 0. The molecule has 58 heavy (non-hydrogen) atoms. The van der Waals surface area contributed by atoms with Gasteiger partial charge in [-0.2, -0.15) is 0 Å². The van der Waals surface area contributed by atoms with E-state index in [1.54, 1.807) is 0 Å². The molecule has 0 spiro atoms. The van der Waals surface area contributed by atoms with E-state index in [9.17, 15) is 0 Å². The van der Waals surface area contributed by atoms with Crippen molar-refractivity contribution in [3.63, 3.8) is 0 Å². The maximum absolute atomic E-state index is 6.63. The van der Waals surface area contributed by atoms with Gasteiger partial charge >= 0.3 is 0 Å². The molecule has 5 heteroatoms. The standard InChI is InChI=1S/C53H32N4O/c1-3-15-33(16-4-1)51-54-52(34-17-5-2-6-18-34)56-53(55-51)41-28-27-38(57-45-25-13-11-23-40(45)43-29-35-19-7-8-20-36(35)30-46(43)57)32-44(41)49-39-22-10-9-21-37(39)31-48-50(49)42-24-12-14-26-47(42)58-48/h1-32H. The minimum atomic E-state index is 0.594. The summed E-state index contributed by atoms with van der Waals surface area (Å²) >= 11 is 0. The summed E-state index contributed by atoms with van der Waals surface area (Å²) in [6.07, 6.45) is 0. The molecule has 0 atom stereocenters. The smallest absolute Gasteiger partial charge is 0.164 e. The lowest BCUT2D eigenvalue weighted by molar-refractivity contribution is 0.669. The lowest BCUT2D eigenvalue weighted by atomic mass is 9.90. The fraction of sp³-hybridized carbons (Fsp3) is 0. The van der Waals surface area contributed by atoms with Gasteiger partial charge in [0.25, 0.3) is 0 Å². The van der Waals surface area contributed by atoms with Crippen LogP contribution < -0.4 is 0 Å². The van der Waals surface area contributed by atoms with Gasteiger partial charge in [0.1, 0.15) is 11.2 Å². The van der Waals surface area contributed by atoms with Crippen molar-refractivity contribution in [1.29, 1.82) is 0 Å². The molecule has 12 aromatic rings. The van der Waals surface area contributed by atoms with Gasteiger partial charge in [-0.3, -0.25) is 0 Å². The van der Waals surface area contributed by atoms with Crippen LogP contribution in [0.4, 0.5) is 0 Å². The third-order valence-corrected chi connectivity index (χ3v) is 11.4. The van der Waals surface area contributed by atoms with E-state index in [-0.39, 0.29) is 0 Å². The number of hydrogen-bond acceptors (Lipinski definition) is 4. The van der Waals surface area contributed by atoms with Crippen LogP contribution in [0.2, 0.25) is 0 Å². The summed E-state index contributed by atoms with van der Waals surface area (Å²) in [6.45, 7) is 0. The predicted octanol–water partition coefficient (Wildman–Crippen LogP) is 13.8. The Kier molecular flexibility index (Phi) is 7.16. The van der Waals surface area contributed by atoms with Crippen LogP contribution in [-0.2, 0) is 0 Å². The Balaban J connectivity index is 1.23. The van der Waals surface area contributed by atoms with Crippen LogP contribution in [0.1, 0.15) is 0 Å². The highest BCUT2D eigenvalue weighted by atomic mass is 16.3. The lowest BCUT2D eigenvalue weighted by Crippen LogP contribution is -2.02. The molecule has 3 heterocycles. The summed E-state index contributed by atoms with van der Waals surface area (Å²) in [6, 6.07) is 68.1. The van der Waals surface area contributed by atoms with E-state index in [4.69, 9.17) is 19.4 Å². The quantitative estimate of drug-likeness (QED) is 0.176. The molecule has 0 aliphatic heterocycles. The monoisotopic (exact) mass is 740 g/mol.